The molecule has 224 valence electrons. The van der Waals surface area contributed by atoms with Gasteiger partial charge in [0.1, 0.15) is 0 Å². The molecule has 0 heterocycles. The molecule has 41 heavy (non-hydrogen) atoms. The molecule has 0 aromatic heterocycles. The van der Waals surface area contributed by atoms with Crippen molar-refractivity contribution in [2.24, 2.45) is 0 Å². The molecule has 0 aliphatic carbocycles. The number of unbranched alkanes of at least 4 members (excludes halogenated alkanes) is 6. The summed E-state index contributed by atoms with van der Waals surface area (Å²) in [5.74, 6) is 3.29. The van der Waals surface area contributed by atoms with Crippen LogP contribution in [0.4, 0.5) is 0 Å². The summed E-state index contributed by atoms with van der Waals surface area (Å²) in [4.78, 5) is 24.8. The van der Waals surface area contributed by atoms with Crippen molar-refractivity contribution in [2.75, 3.05) is 39.2 Å². The van der Waals surface area contributed by atoms with Gasteiger partial charge in [-0.25, -0.2) is 0 Å². The molecule has 2 aromatic carbocycles. The number of hydrogen-bond acceptors (Lipinski definition) is 6. The second-order valence-electron chi connectivity index (χ2n) is 9.50. The van der Waals surface area contributed by atoms with E-state index in [9.17, 15) is 9.59 Å². The summed E-state index contributed by atoms with van der Waals surface area (Å²) in [5, 5.41) is 0. The Bertz CT molecular complexity index is 1040. The van der Waals surface area contributed by atoms with Gasteiger partial charge in [0.05, 0.1) is 33.9 Å². The summed E-state index contributed by atoms with van der Waals surface area (Å²) in [6, 6.07) is 10.9. The van der Waals surface area contributed by atoms with E-state index in [1.54, 1.807) is 38.5 Å². The molecule has 0 bridgehead atoms. The molecule has 0 saturated carbocycles. The molecule has 0 N–H and O–H groups in total. The predicted molar refractivity (Wildman–Crippen MR) is 168 cm³/mol. The van der Waals surface area contributed by atoms with Crippen LogP contribution in [0.2, 0.25) is 0 Å². The van der Waals surface area contributed by atoms with Crippen molar-refractivity contribution in [3.8, 4) is 23.0 Å². The van der Waals surface area contributed by atoms with Gasteiger partial charge in [-0.05, 0) is 73.2 Å². The molecule has 2 rings (SSSR count). The Labute approximate surface area is 254 Å². The van der Waals surface area contributed by atoms with Crippen LogP contribution in [0, 0.1) is 0 Å². The lowest BCUT2D eigenvalue weighted by Crippen LogP contribution is -2.02. The van der Waals surface area contributed by atoms with E-state index in [1.807, 2.05) is 24.3 Å². The molecule has 0 amide bonds. The minimum Gasteiger partial charge on any atom is -0.493 e. The fourth-order valence-electron chi connectivity index (χ4n) is 3.95. The van der Waals surface area contributed by atoms with Crippen molar-refractivity contribution in [1.29, 1.82) is 0 Å². The lowest BCUT2D eigenvalue weighted by Gasteiger charge is -2.11. The van der Waals surface area contributed by atoms with Gasteiger partial charge in [0.25, 0.3) is 0 Å². The fourth-order valence-corrected chi connectivity index (χ4v) is 4.32. The maximum Gasteiger partial charge on any atom is 0.163 e. The van der Waals surface area contributed by atoms with Crippen molar-refractivity contribution in [3.05, 3.63) is 59.7 Å². The fraction of sp³-hybridized carbons (Fsp3) is 0.455. The van der Waals surface area contributed by atoms with E-state index in [0.29, 0.717) is 48.0 Å². The van der Waals surface area contributed by atoms with E-state index in [-0.39, 0.29) is 18.0 Å². The van der Waals surface area contributed by atoms with E-state index in [1.165, 1.54) is 12.2 Å². The number of ketones is 2. The first-order valence-electron chi connectivity index (χ1n) is 14.2. The number of carbonyl (C=O) groups excluding carboxylic acids is 2. The van der Waals surface area contributed by atoms with Gasteiger partial charge >= 0.3 is 0 Å². The topological polar surface area (TPSA) is 71.1 Å². The third-order valence-electron chi connectivity index (χ3n) is 6.22. The molecule has 6 nitrogen and oxygen atoms in total. The number of benzene rings is 2. The molecule has 2 aromatic rings. The van der Waals surface area contributed by atoms with E-state index in [0.717, 1.165) is 62.5 Å². The zero-order chi connectivity index (χ0) is 29.7. The minimum absolute atomic E-state index is 0.225. The van der Waals surface area contributed by atoms with Gasteiger partial charge in [-0.1, -0.05) is 50.0 Å². The van der Waals surface area contributed by atoms with Crippen molar-refractivity contribution < 1.29 is 28.5 Å². The Morgan fingerprint density at radius 3 is 1.41 bits per heavy atom. The van der Waals surface area contributed by atoms with Gasteiger partial charge in [0.2, 0.25) is 0 Å². The van der Waals surface area contributed by atoms with Crippen molar-refractivity contribution in [2.45, 2.75) is 57.8 Å². The van der Waals surface area contributed by atoms with E-state index in [4.69, 9.17) is 42.1 Å². The van der Waals surface area contributed by atoms with E-state index < -0.39 is 0 Å². The van der Waals surface area contributed by atoms with Crippen LogP contribution in [0.25, 0.3) is 12.2 Å². The number of carbonyl (C=O) groups is 2. The van der Waals surface area contributed by atoms with Crippen molar-refractivity contribution >= 4 is 46.9 Å². The Morgan fingerprint density at radius 1 is 0.610 bits per heavy atom. The number of alkyl halides is 2. The lowest BCUT2D eigenvalue weighted by molar-refractivity contribution is -0.121. The summed E-state index contributed by atoms with van der Waals surface area (Å²) in [6.07, 6.45) is 14.2. The van der Waals surface area contributed by atoms with Crippen LogP contribution in [0.5, 0.6) is 23.0 Å². The largest absolute Gasteiger partial charge is 0.493 e. The second kappa shape index (κ2) is 20.8. The molecular formula is C33H42Cl2O6. The van der Waals surface area contributed by atoms with Gasteiger partial charge in [-0.15, -0.1) is 23.2 Å². The average molecular weight is 606 g/mol. The molecule has 0 aliphatic rings. The molecule has 0 saturated heterocycles. The van der Waals surface area contributed by atoms with Crippen LogP contribution in [-0.2, 0) is 9.59 Å². The summed E-state index contributed by atoms with van der Waals surface area (Å²) < 4.78 is 22.6. The summed E-state index contributed by atoms with van der Waals surface area (Å²) in [7, 11) is 3.16. The minimum atomic E-state index is -0.289. The molecule has 0 aliphatic heterocycles. The number of rotatable bonds is 22. The molecular weight excluding hydrogens is 563 g/mol. The van der Waals surface area contributed by atoms with Crippen LogP contribution in [0.3, 0.4) is 0 Å². The van der Waals surface area contributed by atoms with Gasteiger partial charge in [0, 0.05) is 11.8 Å². The Kier molecular flexibility index (Phi) is 17.4. The third-order valence-corrected chi connectivity index (χ3v) is 6.75. The van der Waals surface area contributed by atoms with Crippen LogP contribution in [-0.4, -0.2) is 50.8 Å². The number of allylic oxidation sites excluding steroid dienone is 2. The molecule has 0 radical (unpaired) electrons. The van der Waals surface area contributed by atoms with Gasteiger partial charge in [-0.2, -0.15) is 0 Å². The highest BCUT2D eigenvalue weighted by Crippen LogP contribution is 2.30. The van der Waals surface area contributed by atoms with Crippen molar-refractivity contribution in [1.82, 2.24) is 0 Å². The third kappa shape index (κ3) is 14.0. The van der Waals surface area contributed by atoms with Crippen LogP contribution in [0.15, 0.2) is 48.6 Å². The van der Waals surface area contributed by atoms with Crippen LogP contribution in [0.1, 0.15) is 68.9 Å². The first kappa shape index (κ1) is 34.2. The Hall–Kier alpha value is -2.96. The summed E-state index contributed by atoms with van der Waals surface area (Å²) >= 11 is 11.4. The molecule has 0 unspecified atom stereocenters. The summed E-state index contributed by atoms with van der Waals surface area (Å²) in [5.41, 5.74) is 1.55. The van der Waals surface area contributed by atoms with E-state index in [2.05, 4.69) is 0 Å². The first-order valence-corrected chi connectivity index (χ1v) is 15.2. The highest BCUT2D eigenvalue weighted by Gasteiger charge is 2.08. The van der Waals surface area contributed by atoms with Gasteiger partial charge in [0.15, 0.2) is 34.6 Å². The lowest BCUT2D eigenvalue weighted by atomic mass is 10.1. The maximum absolute atomic E-state index is 12.4. The van der Waals surface area contributed by atoms with Crippen LogP contribution < -0.4 is 18.9 Å². The molecule has 0 atom stereocenters. The molecule has 0 fully saturated rings. The van der Waals surface area contributed by atoms with E-state index >= 15 is 0 Å². The zero-order valence-electron chi connectivity index (χ0n) is 24.2. The number of halogens is 2. The maximum atomic E-state index is 12.4. The quantitative estimate of drug-likeness (QED) is 0.0582. The number of ether oxygens (including phenoxy) is 4. The molecule has 0 spiro atoms. The SMILES string of the molecule is COc1cc(C=CC(=O)CC(=O)C=Cc2ccc(OCCCCCCCl)c(OC)c2)ccc1OCCCCCCCl. The highest BCUT2D eigenvalue weighted by atomic mass is 35.5. The molecule has 8 heteroatoms. The Morgan fingerprint density at radius 2 is 1.02 bits per heavy atom. The Balaban J connectivity index is 1.84. The number of hydrogen-bond donors (Lipinski definition) is 0. The average Bonchev–Trinajstić information content (AvgIpc) is 2.99. The highest BCUT2D eigenvalue weighted by molar-refractivity contribution is 6.18. The zero-order valence-corrected chi connectivity index (χ0v) is 25.7. The van der Waals surface area contributed by atoms with Gasteiger partial charge in [-0.3, -0.25) is 9.59 Å². The second-order valence-corrected chi connectivity index (χ2v) is 10.3. The first-order chi connectivity index (χ1) is 20.0. The standard InChI is InChI=1S/C33H42Cl2O6/c1-38-32-23-26(13-17-30(32)40-21-9-5-3-7-19-34)11-15-28(36)25-29(37)16-12-27-14-18-31(33(24-27)39-2)41-22-10-6-4-8-20-35/h11-18,23-24H,3-10,19-22,25H2,1-2H3. The van der Waals surface area contributed by atoms with Crippen molar-refractivity contribution in [3.63, 3.8) is 0 Å². The normalized spacial score (nSPS) is 11.2. The summed E-state index contributed by atoms with van der Waals surface area (Å²) in [6.45, 7) is 1.20. The number of methoxy groups -OCH3 is 2. The smallest absolute Gasteiger partial charge is 0.163 e. The predicted octanol–water partition coefficient (Wildman–Crippen LogP) is 8.31. The monoisotopic (exact) mass is 604 g/mol. The van der Waals surface area contributed by atoms with Gasteiger partial charge < -0.3 is 18.9 Å². The van der Waals surface area contributed by atoms with Crippen LogP contribution >= 0.6 is 23.2 Å².